The molecule has 0 bridgehead atoms. The Morgan fingerprint density at radius 1 is 1.20 bits per heavy atom. The van der Waals surface area contributed by atoms with Crippen LogP contribution in [0, 0.1) is 6.92 Å². The lowest BCUT2D eigenvalue weighted by Crippen LogP contribution is -2.14. The summed E-state index contributed by atoms with van der Waals surface area (Å²) < 4.78 is 1.69. The van der Waals surface area contributed by atoms with Crippen molar-refractivity contribution in [1.82, 2.24) is 0 Å². The average molecular weight is 419 g/mol. The number of carbonyl (C=O) groups is 1. The van der Waals surface area contributed by atoms with E-state index in [0.717, 1.165) is 14.5 Å². The van der Waals surface area contributed by atoms with Crippen molar-refractivity contribution in [3.05, 3.63) is 55.4 Å². The van der Waals surface area contributed by atoms with Gasteiger partial charge >= 0.3 is 0 Å². The van der Waals surface area contributed by atoms with Crippen LogP contribution in [0.4, 0.5) is 11.4 Å². The Hall–Kier alpha value is -1.04. The zero-order valence-electron chi connectivity index (χ0n) is 10.5. The predicted molar refractivity (Wildman–Crippen MR) is 90.4 cm³/mol. The Kier molecular flexibility index (Phi) is 4.73. The number of aryl methyl sites for hydroxylation is 1. The van der Waals surface area contributed by atoms with Crippen LogP contribution in [0.15, 0.2) is 39.3 Å². The molecule has 0 spiro atoms. The fraction of sp³-hybridized carbons (Fsp3) is 0.0714. The van der Waals surface area contributed by atoms with E-state index in [1.54, 1.807) is 24.3 Å². The van der Waals surface area contributed by atoms with Gasteiger partial charge in [-0.3, -0.25) is 4.79 Å². The molecule has 1 amide bonds. The lowest BCUT2D eigenvalue weighted by atomic mass is 10.1. The van der Waals surface area contributed by atoms with Crippen molar-refractivity contribution in [2.24, 2.45) is 0 Å². The van der Waals surface area contributed by atoms with Gasteiger partial charge in [0.2, 0.25) is 0 Å². The van der Waals surface area contributed by atoms with Gasteiger partial charge in [-0.15, -0.1) is 0 Å². The first-order valence-corrected chi connectivity index (χ1v) is 7.67. The third-order valence-electron chi connectivity index (χ3n) is 2.75. The number of benzene rings is 2. The van der Waals surface area contributed by atoms with Gasteiger partial charge in [-0.05, 0) is 42.8 Å². The summed E-state index contributed by atoms with van der Waals surface area (Å²) in [6.07, 6.45) is 0. The fourth-order valence-corrected chi connectivity index (χ4v) is 3.14. The van der Waals surface area contributed by atoms with Crippen LogP contribution in [0.2, 0.25) is 5.02 Å². The molecule has 0 radical (unpaired) electrons. The van der Waals surface area contributed by atoms with Crippen molar-refractivity contribution in [3.63, 3.8) is 0 Å². The second-order valence-electron chi connectivity index (χ2n) is 4.27. The smallest absolute Gasteiger partial charge is 0.257 e. The third kappa shape index (κ3) is 3.34. The molecule has 0 unspecified atom stereocenters. The minimum atomic E-state index is -0.292. The van der Waals surface area contributed by atoms with E-state index < -0.39 is 0 Å². The highest BCUT2D eigenvalue weighted by molar-refractivity contribution is 9.10. The largest absolute Gasteiger partial charge is 0.397 e. The summed E-state index contributed by atoms with van der Waals surface area (Å²) in [6, 6.07) is 8.72. The average Bonchev–Trinajstić information content (AvgIpc) is 2.33. The highest BCUT2D eigenvalue weighted by Gasteiger charge is 2.14. The Balaban J connectivity index is 2.33. The summed E-state index contributed by atoms with van der Waals surface area (Å²) in [5.41, 5.74) is 8.29. The Morgan fingerprint density at radius 3 is 2.50 bits per heavy atom. The van der Waals surface area contributed by atoms with Crippen LogP contribution in [0.3, 0.4) is 0 Å². The predicted octanol–water partition coefficient (Wildman–Crippen LogP) is 5.01. The first-order chi connectivity index (χ1) is 9.38. The molecule has 2 rings (SSSR count). The van der Waals surface area contributed by atoms with Gasteiger partial charge in [0.1, 0.15) is 0 Å². The van der Waals surface area contributed by atoms with E-state index in [0.29, 0.717) is 22.0 Å². The van der Waals surface area contributed by atoms with Gasteiger partial charge in [-0.25, -0.2) is 0 Å². The molecule has 3 nitrogen and oxygen atoms in total. The lowest BCUT2D eigenvalue weighted by Gasteiger charge is -2.12. The van der Waals surface area contributed by atoms with Crippen LogP contribution in [0.1, 0.15) is 15.9 Å². The van der Waals surface area contributed by atoms with Crippen molar-refractivity contribution >= 4 is 60.7 Å². The van der Waals surface area contributed by atoms with E-state index in [9.17, 15) is 4.79 Å². The second-order valence-corrected chi connectivity index (χ2v) is 6.50. The summed E-state index contributed by atoms with van der Waals surface area (Å²) in [5.74, 6) is -0.292. The van der Waals surface area contributed by atoms with Crippen LogP contribution in [-0.2, 0) is 0 Å². The maximum atomic E-state index is 12.3. The van der Waals surface area contributed by atoms with Gasteiger partial charge in [-0.1, -0.05) is 43.5 Å². The van der Waals surface area contributed by atoms with E-state index in [2.05, 4.69) is 37.2 Å². The number of nitrogens with two attached hydrogens (primary N) is 1. The highest BCUT2D eigenvalue weighted by atomic mass is 79.9. The molecule has 3 N–H and O–H groups in total. The molecule has 20 heavy (non-hydrogen) atoms. The van der Waals surface area contributed by atoms with Crippen LogP contribution < -0.4 is 11.1 Å². The van der Waals surface area contributed by atoms with Gasteiger partial charge in [0.25, 0.3) is 5.91 Å². The number of carbonyl (C=O) groups excluding carboxylic acids is 1. The lowest BCUT2D eigenvalue weighted by molar-refractivity contribution is 0.102. The third-order valence-corrected chi connectivity index (χ3v) is 4.01. The molecule has 0 aromatic heterocycles. The van der Waals surface area contributed by atoms with Crippen LogP contribution in [0.25, 0.3) is 0 Å². The van der Waals surface area contributed by atoms with Gasteiger partial charge in [-0.2, -0.15) is 0 Å². The maximum Gasteiger partial charge on any atom is 0.257 e. The van der Waals surface area contributed by atoms with E-state index in [1.165, 1.54) is 0 Å². The Labute approximate surface area is 138 Å². The number of nitrogen functional groups attached to an aromatic ring is 1. The van der Waals surface area contributed by atoms with Crippen molar-refractivity contribution in [3.8, 4) is 0 Å². The minimum Gasteiger partial charge on any atom is -0.397 e. The molecule has 0 heterocycles. The second kappa shape index (κ2) is 6.16. The zero-order valence-corrected chi connectivity index (χ0v) is 14.4. The van der Waals surface area contributed by atoms with E-state index in [4.69, 9.17) is 17.3 Å². The normalized spacial score (nSPS) is 10.4. The molecule has 0 aliphatic rings. The van der Waals surface area contributed by atoms with Gasteiger partial charge in [0, 0.05) is 8.95 Å². The molecule has 0 fully saturated rings. The zero-order chi connectivity index (χ0) is 14.9. The number of anilines is 2. The summed E-state index contributed by atoms with van der Waals surface area (Å²) >= 11 is 12.7. The summed E-state index contributed by atoms with van der Waals surface area (Å²) in [5, 5.41) is 3.18. The molecule has 104 valence electrons. The molecule has 0 aliphatic heterocycles. The van der Waals surface area contributed by atoms with Crippen LogP contribution >= 0.6 is 43.5 Å². The number of hydrogen-bond acceptors (Lipinski definition) is 2. The number of halogens is 3. The number of hydrogen-bond donors (Lipinski definition) is 2. The quantitative estimate of drug-likeness (QED) is 0.674. The maximum absolute atomic E-state index is 12.3. The molecule has 0 aliphatic carbocycles. The van der Waals surface area contributed by atoms with Crippen molar-refractivity contribution in [2.75, 3.05) is 11.1 Å². The van der Waals surface area contributed by atoms with Gasteiger partial charge in [0.05, 0.1) is 22.0 Å². The molecule has 0 saturated heterocycles. The van der Waals surface area contributed by atoms with Crippen LogP contribution in [0.5, 0.6) is 0 Å². The standard InChI is InChI=1S/C14H11Br2ClN2O/c1-7-4-9(16)6-12(18)13(7)19-14(20)10-3-2-8(15)5-11(10)17/h2-6H,18H2,1H3,(H,19,20). The molecule has 0 saturated carbocycles. The molecule has 0 atom stereocenters. The van der Waals surface area contributed by atoms with Gasteiger partial charge < -0.3 is 11.1 Å². The van der Waals surface area contributed by atoms with E-state index >= 15 is 0 Å². The topological polar surface area (TPSA) is 55.1 Å². The fourth-order valence-electron chi connectivity index (χ4n) is 1.79. The Bertz CT molecular complexity index is 666. The molecular formula is C14H11Br2ClN2O. The van der Waals surface area contributed by atoms with Crippen LogP contribution in [-0.4, -0.2) is 5.91 Å². The van der Waals surface area contributed by atoms with E-state index in [-0.39, 0.29) is 5.91 Å². The van der Waals surface area contributed by atoms with Crippen molar-refractivity contribution < 1.29 is 4.79 Å². The first kappa shape index (κ1) is 15.4. The summed E-state index contributed by atoms with van der Waals surface area (Å²) in [7, 11) is 0. The molecular weight excluding hydrogens is 407 g/mol. The molecule has 2 aromatic carbocycles. The molecule has 2 aromatic rings. The SMILES string of the molecule is Cc1cc(Br)cc(N)c1NC(=O)c1ccc(Br)cc1Cl. The number of rotatable bonds is 2. The monoisotopic (exact) mass is 416 g/mol. The van der Waals surface area contributed by atoms with Crippen molar-refractivity contribution in [2.45, 2.75) is 6.92 Å². The first-order valence-electron chi connectivity index (χ1n) is 5.70. The number of nitrogens with one attached hydrogen (secondary N) is 1. The Morgan fingerprint density at radius 2 is 1.90 bits per heavy atom. The molecule has 6 heteroatoms. The minimum absolute atomic E-state index is 0.292. The van der Waals surface area contributed by atoms with Crippen molar-refractivity contribution in [1.29, 1.82) is 0 Å². The van der Waals surface area contributed by atoms with Gasteiger partial charge in [0.15, 0.2) is 0 Å². The highest BCUT2D eigenvalue weighted by Crippen LogP contribution is 2.29. The summed E-state index contributed by atoms with van der Waals surface area (Å²) in [4.78, 5) is 12.3. The number of amides is 1. The summed E-state index contributed by atoms with van der Waals surface area (Å²) in [6.45, 7) is 1.87. The van der Waals surface area contributed by atoms with E-state index in [1.807, 2.05) is 13.0 Å².